The molecule has 5 heteroatoms. The lowest BCUT2D eigenvalue weighted by atomic mass is 9.89. The van der Waals surface area contributed by atoms with Gasteiger partial charge in [-0.2, -0.15) is 5.10 Å². The molecule has 1 aromatic heterocycles. The molecule has 2 rings (SSSR count). The van der Waals surface area contributed by atoms with Crippen molar-refractivity contribution in [1.82, 2.24) is 15.5 Å². The number of ether oxygens (including phenoxy) is 1. The third-order valence-electron chi connectivity index (χ3n) is 3.62. The Balaban J connectivity index is 1.89. The number of benzene rings is 1. The van der Waals surface area contributed by atoms with Crippen LogP contribution in [0.25, 0.3) is 0 Å². The third kappa shape index (κ3) is 4.08. The van der Waals surface area contributed by atoms with E-state index in [9.17, 15) is 5.11 Å². The summed E-state index contributed by atoms with van der Waals surface area (Å²) in [7, 11) is 1.63. The second-order valence-corrected chi connectivity index (χ2v) is 6.44. The molecule has 0 bridgehead atoms. The molecule has 120 valence electrons. The Labute approximate surface area is 131 Å². The monoisotopic (exact) mass is 303 g/mol. The van der Waals surface area contributed by atoms with Crippen molar-refractivity contribution in [2.24, 2.45) is 0 Å². The maximum atomic E-state index is 10.2. The molecule has 5 nitrogen and oxygen atoms in total. The number of aromatic amines is 1. The van der Waals surface area contributed by atoms with E-state index in [1.54, 1.807) is 7.11 Å². The van der Waals surface area contributed by atoms with Gasteiger partial charge in [0, 0.05) is 29.8 Å². The van der Waals surface area contributed by atoms with Gasteiger partial charge in [0.1, 0.15) is 5.75 Å². The van der Waals surface area contributed by atoms with E-state index in [1.165, 1.54) is 0 Å². The summed E-state index contributed by atoms with van der Waals surface area (Å²) in [6.45, 7) is 7.61. The van der Waals surface area contributed by atoms with E-state index in [0.29, 0.717) is 13.1 Å². The fourth-order valence-corrected chi connectivity index (χ4v) is 2.38. The van der Waals surface area contributed by atoms with Crippen molar-refractivity contribution in [1.29, 1.82) is 0 Å². The first-order chi connectivity index (χ1) is 10.4. The van der Waals surface area contributed by atoms with Crippen LogP contribution in [0.2, 0.25) is 0 Å². The first-order valence-electron chi connectivity index (χ1n) is 7.47. The maximum absolute atomic E-state index is 10.2. The van der Waals surface area contributed by atoms with Gasteiger partial charge in [-0.05, 0) is 17.7 Å². The summed E-state index contributed by atoms with van der Waals surface area (Å²) in [4.78, 5) is 0. The van der Waals surface area contributed by atoms with Crippen molar-refractivity contribution in [3.05, 3.63) is 47.3 Å². The average Bonchev–Trinajstić information content (AvgIpc) is 2.96. The van der Waals surface area contributed by atoms with Gasteiger partial charge in [-0.15, -0.1) is 0 Å². The average molecular weight is 303 g/mol. The lowest BCUT2D eigenvalue weighted by molar-refractivity contribution is 0.174. The van der Waals surface area contributed by atoms with Crippen molar-refractivity contribution in [3.8, 4) is 5.75 Å². The summed E-state index contributed by atoms with van der Waals surface area (Å²) in [6.07, 6.45) is 1.30. The van der Waals surface area contributed by atoms with Gasteiger partial charge in [0.15, 0.2) is 0 Å². The Morgan fingerprint density at radius 3 is 2.55 bits per heavy atom. The zero-order valence-corrected chi connectivity index (χ0v) is 13.7. The van der Waals surface area contributed by atoms with Crippen LogP contribution in [0.3, 0.4) is 0 Å². The number of hydrogen-bond acceptors (Lipinski definition) is 4. The topological polar surface area (TPSA) is 70.2 Å². The molecule has 0 saturated carbocycles. The van der Waals surface area contributed by atoms with Crippen molar-refractivity contribution in [3.63, 3.8) is 0 Å². The molecule has 22 heavy (non-hydrogen) atoms. The minimum absolute atomic E-state index is 0.0299. The second-order valence-electron chi connectivity index (χ2n) is 6.44. The van der Waals surface area contributed by atoms with Gasteiger partial charge in [0.2, 0.25) is 0 Å². The molecule has 0 aliphatic carbocycles. The molecule has 0 radical (unpaired) electrons. The number of H-pyrrole nitrogens is 1. The molecule has 0 spiro atoms. The van der Waals surface area contributed by atoms with Gasteiger partial charge in [-0.25, -0.2) is 0 Å². The number of rotatable bonds is 6. The number of hydrogen-bond donors (Lipinski definition) is 3. The predicted octanol–water partition coefficient (Wildman–Crippen LogP) is 2.54. The van der Waals surface area contributed by atoms with Crippen LogP contribution < -0.4 is 10.1 Å². The van der Waals surface area contributed by atoms with Gasteiger partial charge in [-0.3, -0.25) is 5.10 Å². The molecule has 0 aliphatic heterocycles. The molecule has 0 amide bonds. The SMILES string of the molecule is COc1ccc([C@H](O)CNCc2cn[nH]c2C(C)(C)C)cc1. The summed E-state index contributed by atoms with van der Waals surface area (Å²) in [6, 6.07) is 7.46. The van der Waals surface area contributed by atoms with Crippen LogP contribution in [0.4, 0.5) is 0 Å². The summed E-state index contributed by atoms with van der Waals surface area (Å²) >= 11 is 0. The van der Waals surface area contributed by atoms with E-state index in [1.807, 2.05) is 30.5 Å². The summed E-state index contributed by atoms with van der Waals surface area (Å²) in [5.74, 6) is 0.789. The third-order valence-corrected chi connectivity index (χ3v) is 3.62. The van der Waals surface area contributed by atoms with E-state index >= 15 is 0 Å². The quantitative estimate of drug-likeness (QED) is 0.767. The first kappa shape index (κ1) is 16.5. The summed E-state index contributed by atoms with van der Waals surface area (Å²) < 4.78 is 5.12. The Hall–Kier alpha value is -1.85. The minimum atomic E-state index is -0.545. The van der Waals surface area contributed by atoms with Crippen molar-refractivity contribution >= 4 is 0 Å². The fourth-order valence-electron chi connectivity index (χ4n) is 2.38. The highest BCUT2D eigenvalue weighted by Crippen LogP contribution is 2.23. The van der Waals surface area contributed by atoms with Crippen molar-refractivity contribution in [2.75, 3.05) is 13.7 Å². The fraction of sp³-hybridized carbons (Fsp3) is 0.471. The molecule has 0 saturated heterocycles. The molecule has 2 aromatic rings. The standard InChI is InChI=1S/C17H25N3O2/c1-17(2,3)16-13(10-19-20-16)9-18-11-15(21)12-5-7-14(22-4)8-6-12/h5-8,10,15,18,21H,9,11H2,1-4H3,(H,19,20)/t15-/m1/s1. The second kappa shape index (κ2) is 6.94. The molecule has 0 aliphatic rings. The van der Waals surface area contributed by atoms with E-state index in [4.69, 9.17) is 4.74 Å². The Kier molecular flexibility index (Phi) is 5.21. The molecule has 1 heterocycles. The van der Waals surface area contributed by atoms with E-state index in [0.717, 1.165) is 22.6 Å². The van der Waals surface area contributed by atoms with Gasteiger partial charge in [0.25, 0.3) is 0 Å². The molecule has 1 aromatic carbocycles. The number of aliphatic hydroxyl groups is 1. The number of aromatic nitrogens is 2. The molecular formula is C17H25N3O2. The molecule has 3 N–H and O–H groups in total. The van der Waals surface area contributed by atoms with Crippen LogP contribution in [-0.2, 0) is 12.0 Å². The van der Waals surface area contributed by atoms with Gasteiger partial charge in [-0.1, -0.05) is 32.9 Å². The van der Waals surface area contributed by atoms with E-state index in [2.05, 4.69) is 36.3 Å². The largest absolute Gasteiger partial charge is 0.497 e. The Bertz CT molecular complexity index is 585. The highest BCUT2D eigenvalue weighted by molar-refractivity contribution is 5.28. The van der Waals surface area contributed by atoms with Gasteiger partial charge in [0.05, 0.1) is 19.4 Å². The zero-order chi connectivity index (χ0) is 16.2. The van der Waals surface area contributed by atoms with Crippen LogP contribution in [-0.4, -0.2) is 29.0 Å². The summed E-state index contributed by atoms with van der Waals surface area (Å²) in [5.41, 5.74) is 3.16. The number of nitrogens with zero attached hydrogens (tertiary/aromatic N) is 1. The molecule has 1 atom stereocenters. The smallest absolute Gasteiger partial charge is 0.118 e. The number of aliphatic hydroxyl groups excluding tert-OH is 1. The van der Waals surface area contributed by atoms with Crippen LogP contribution in [0.5, 0.6) is 5.75 Å². The zero-order valence-electron chi connectivity index (χ0n) is 13.7. The maximum Gasteiger partial charge on any atom is 0.118 e. The van der Waals surface area contributed by atoms with E-state index in [-0.39, 0.29) is 5.41 Å². The van der Waals surface area contributed by atoms with Crippen LogP contribution >= 0.6 is 0 Å². The number of nitrogens with one attached hydrogen (secondary N) is 2. The molecule has 0 unspecified atom stereocenters. The molecule has 0 fully saturated rings. The predicted molar refractivity (Wildman–Crippen MR) is 86.9 cm³/mol. The van der Waals surface area contributed by atoms with Gasteiger partial charge < -0.3 is 15.2 Å². The van der Waals surface area contributed by atoms with Crippen molar-refractivity contribution < 1.29 is 9.84 Å². The lowest BCUT2D eigenvalue weighted by Gasteiger charge is -2.19. The van der Waals surface area contributed by atoms with Gasteiger partial charge >= 0.3 is 0 Å². The van der Waals surface area contributed by atoms with E-state index < -0.39 is 6.10 Å². The highest BCUT2D eigenvalue weighted by atomic mass is 16.5. The summed E-state index contributed by atoms with van der Waals surface area (Å²) in [5, 5.41) is 20.7. The lowest BCUT2D eigenvalue weighted by Crippen LogP contribution is -2.23. The molecular weight excluding hydrogens is 278 g/mol. The van der Waals surface area contributed by atoms with Crippen LogP contribution in [0.1, 0.15) is 43.7 Å². The normalized spacial score (nSPS) is 13.1. The Morgan fingerprint density at radius 1 is 1.27 bits per heavy atom. The van der Waals surface area contributed by atoms with Crippen molar-refractivity contribution in [2.45, 2.75) is 38.8 Å². The number of methoxy groups -OCH3 is 1. The minimum Gasteiger partial charge on any atom is -0.497 e. The highest BCUT2D eigenvalue weighted by Gasteiger charge is 2.19. The van der Waals surface area contributed by atoms with Crippen LogP contribution in [0, 0.1) is 0 Å². The Morgan fingerprint density at radius 2 is 1.95 bits per heavy atom. The first-order valence-corrected chi connectivity index (χ1v) is 7.47. The van der Waals surface area contributed by atoms with Crippen LogP contribution in [0.15, 0.2) is 30.5 Å².